The number of hydrogen-bond acceptors (Lipinski definition) is 4. The molecule has 0 heterocycles. The number of rotatable bonds is 12. The lowest BCUT2D eigenvalue weighted by Gasteiger charge is -2.31. The van der Waals surface area contributed by atoms with Crippen molar-refractivity contribution in [3.05, 3.63) is 71.8 Å². The predicted octanol–water partition coefficient (Wildman–Crippen LogP) is 5.77. The van der Waals surface area contributed by atoms with Gasteiger partial charge in [-0.15, -0.1) is 0 Å². The molecule has 6 heteroatoms. The van der Waals surface area contributed by atoms with Gasteiger partial charge >= 0.3 is 6.09 Å². The summed E-state index contributed by atoms with van der Waals surface area (Å²) in [5.74, 6) is -1.37. The number of benzene rings is 2. The van der Waals surface area contributed by atoms with E-state index in [9.17, 15) is 14.4 Å². The van der Waals surface area contributed by atoms with Crippen molar-refractivity contribution >= 4 is 17.8 Å². The van der Waals surface area contributed by atoms with E-state index in [1.165, 1.54) is 5.56 Å². The van der Waals surface area contributed by atoms with Crippen LogP contribution in [0.15, 0.2) is 60.7 Å². The molecule has 0 spiro atoms. The Morgan fingerprint density at radius 1 is 0.886 bits per heavy atom. The van der Waals surface area contributed by atoms with Crippen LogP contribution in [0.25, 0.3) is 0 Å². The molecule has 2 amide bonds. The highest BCUT2D eigenvalue weighted by Gasteiger charge is 2.32. The number of nitrogens with one attached hydrogen (secondary N) is 2. The first-order chi connectivity index (χ1) is 16.6. The average molecular weight is 481 g/mol. The van der Waals surface area contributed by atoms with Gasteiger partial charge in [-0.1, -0.05) is 101 Å². The summed E-state index contributed by atoms with van der Waals surface area (Å²) in [7, 11) is 0. The number of alkyl carbamates (subject to hydrolysis) is 1. The van der Waals surface area contributed by atoms with E-state index in [-0.39, 0.29) is 17.6 Å². The Labute approximate surface area is 209 Å². The van der Waals surface area contributed by atoms with Crippen molar-refractivity contribution in [3.8, 4) is 0 Å². The van der Waals surface area contributed by atoms with E-state index in [1.807, 2.05) is 95.3 Å². The Kier molecular flexibility index (Phi) is 11.0. The molecule has 3 atom stereocenters. The molecule has 2 aromatic rings. The van der Waals surface area contributed by atoms with Gasteiger partial charge in [0.15, 0.2) is 0 Å². The number of ketones is 1. The summed E-state index contributed by atoms with van der Waals surface area (Å²) < 4.78 is 5.79. The Morgan fingerprint density at radius 2 is 1.49 bits per heavy atom. The number of unbranched alkanes of at least 4 members (excludes halogenated alkanes) is 1. The number of ether oxygens (including phenoxy) is 1. The third-order valence-corrected chi connectivity index (χ3v) is 6.08. The number of hydrogen-bond donors (Lipinski definition) is 2. The average Bonchev–Trinajstić information content (AvgIpc) is 2.84. The summed E-state index contributed by atoms with van der Waals surface area (Å²) in [5.41, 5.74) is 1.79. The molecule has 0 aliphatic heterocycles. The molecule has 35 heavy (non-hydrogen) atoms. The minimum atomic E-state index is -0.930. The zero-order valence-corrected chi connectivity index (χ0v) is 21.7. The first-order valence-corrected chi connectivity index (χ1v) is 12.5. The van der Waals surface area contributed by atoms with Crippen molar-refractivity contribution < 1.29 is 19.1 Å². The zero-order chi connectivity index (χ0) is 25.8. The lowest BCUT2D eigenvalue weighted by molar-refractivity contribution is -0.139. The van der Waals surface area contributed by atoms with E-state index in [0.29, 0.717) is 19.3 Å². The molecule has 0 fully saturated rings. The van der Waals surface area contributed by atoms with Crippen LogP contribution in [-0.2, 0) is 20.7 Å². The molecular formula is C29H40N2O4. The van der Waals surface area contributed by atoms with Crippen LogP contribution in [0.3, 0.4) is 0 Å². The van der Waals surface area contributed by atoms with Crippen molar-refractivity contribution in [1.29, 1.82) is 0 Å². The molecule has 0 saturated heterocycles. The molecule has 2 aromatic carbocycles. The third-order valence-electron chi connectivity index (χ3n) is 6.08. The van der Waals surface area contributed by atoms with E-state index < -0.39 is 23.8 Å². The fourth-order valence-electron chi connectivity index (χ4n) is 3.84. The van der Waals surface area contributed by atoms with Gasteiger partial charge < -0.3 is 15.4 Å². The third kappa shape index (κ3) is 9.55. The van der Waals surface area contributed by atoms with Gasteiger partial charge in [0.1, 0.15) is 12.1 Å². The lowest BCUT2D eigenvalue weighted by atomic mass is 9.85. The SMILES string of the molecule is CCCC[C@H](NC(=O)O[C@@H](CCc1ccccc1)C(C)(C)C)C(=O)C(=O)N[C@H](C)c1ccccc1. The van der Waals surface area contributed by atoms with Crippen molar-refractivity contribution in [1.82, 2.24) is 10.6 Å². The van der Waals surface area contributed by atoms with Crippen LogP contribution in [0.1, 0.15) is 77.5 Å². The van der Waals surface area contributed by atoms with Crippen LogP contribution in [0.4, 0.5) is 4.79 Å². The molecule has 2 N–H and O–H groups in total. The second-order valence-electron chi connectivity index (χ2n) is 10.1. The molecule has 6 nitrogen and oxygen atoms in total. The van der Waals surface area contributed by atoms with Gasteiger partial charge in [-0.25, -0.2) is 4.79 Å². The second kappa shape index (κ2) is 13.7. The minimum absolute atomic E-state index is 0.280. The van der Waals surface area contributed by atoms with E-state index in [0.717, 1.165) is 18.4 Å². The smallest absolute Gasteiger partial charge is 0.408 e. The number of aryl methyl sites for hydroxylation is 1. The molecule has 0 aromatic heterocycles. The van der Waals surface area contributed by atoms with Crippen molar-refractivity contribution in [2.45, 2.75) is 84.9 Å². The summed E-state index contributed by atoms with van der Waals surface area (Å²) in [6.07, 6.45) is 2.33. The van der Waals surface area contributed by atoms with Crippen LogP contribution in [0.5, 0.6) is 0 Å². The Hall–Kier alpha value is -3.15. The quantitative estimate of drug-likeness (QED) is 0.378. The summed E-state index contributed by atoms with van der Waals surface area (Å²) in [4.78, 5) is 38.5. The molecule has 0 aliphatic carbocycles. The largest absolute Gasteiger partial charge is 0.446 e. The lowest BCUT2D eigenvalue weighted by Crippen LogP contribution is -2.49. The Bertz CT molecular complexity index is 938. The van der Waals surface area contributed by atoms with E-state index in [4.69, 9.17) is 4.74 Å². The molecular weight excluding hydrogens is 440 g/mol. The fraction of sp³-hybridized carbons (Fsp3) is 0.483. The number of carbonyl (C=O) groups is 3. The Balaban J connectivity index is 2.02. The maximum atomic E-state index is 13.0. The second-order valence-corrected chi connectivity index (χ2v) is 10.1. The van der Waals surface area contributed by atoms with Gasteiger partial charge in [0, 0.05) is 0 Å². The van der Waals surface area contributed by atoms with E-state index in [2.05, 4.69) is 10.6 Å². The normalized spacial score (nSPS) is 13.9. The van der Waals surface area contributed by atoms with Crippen LogP contribution >= 0.6 is 0 Å². The van der Waals surface area contributed by atoms with E-state index >= 15 is 0 Å². The van der Waals surface area contributed by atoms with Gasteiger partial charge in [0.05, 0.1) is 6.04 Å². The Morgan fingerprint density at radius 3 is 2.06 bits per heavy atom. The van der Waals surface area contributed by atoms with Crippen molar-refractivity contribution in [3.63, 3.8) is 0 Å². The summed E-state index contributed by atoms with van der Waals surface area (Å²) in [5, 5.41) is 5.42. The first-order valence-electron chi connectivity index (χ1n) is 12.5. The van der Waals surface area contributed by atoms with Crippen LogP contribution < -0.4 is 10.6 Å². The van der Waals surface area contributed by atoms with E-state index in [1.54, 1.807) is 0 Å². The summed E-state index contributed by atoms with van der Waals surface area (Å²) >= 11 is 0. The molecule has 0 radical (unpaired) electrons. The molecule has 2 rings (SSSR count). The number of Topliss-reactive ketones (excluding diaryl/α,β-unsaturated/α-hetero) is 1. The standard InChI is InChI=1S/C29H40N2O4/c1-6-7-18-24(26(32)27(33)30-21(2)23-16-12-9-13-17-23)31-28(34)35-25(29(3,4)5)20-19-22-14-10-8-11-15-22/h8-17,21,24-25H,6-7,18-20H2,1-5H3,(H,30,33)(H,31,34)/t21-,24+,25+/m1/s1. The highest BCUT2D eigenvalue weighted by atomic mass is 16.6. The first kappa shape index (κ1) is 28.1. The fourth-order valence-corrected chi connectivity index (χ4v) is 3.84. The van der Waals surface area contributed by atoms with Crippen LogP contribution in [-0.4, -0.2) is 29.9 Å². The highest BCUT2D eigenvalue weighted by Crippen LogP contribution is 2.26. The van der Waals surface area contributed by atoms with Gasteiger partial charge in [-0.05, 0) is 42.7 Å². The van der Waals surface area contributed by atoms with Gasteiger partial charge in [-0.3, -0.25) is 9.59 Å². The maximum Gasteiger partial charge on any atom is 0.408 e. The van der Waals surface area contributed by atoms with Gasteiger partial charge in [-0.2, -0.15) is 0 Å². The minimum Gasteiger partial charge on any atom is -0.446 e. The summed E-state index contributed by atoms with van der Waals surface area (Å²) in [6.45, 7) is 9.89. The number of carbonyl (C=O) groups excluding carboxylic acids is 3. The van der Waals surface area contributed by atoms with Crippen molar-refractivity contribution in [2.24, 2.45) is 5.41 Å². The molecule has 0 saturated carbocycles. The molecule has 0 unspecified atom stereocenters. The monoisotopic (exact) mass is 480 g/mol. The molecule has 0 bridgehead atoms. The van der Waals surface area contributed by atoms with Crippen molar-refractivity contribution in [2.75, 3.05) is 0 Å². The summed E-state index contributed by atoms with van der Waals surface area (Å²) in [6, 6.07) is 18.2. The number of amides is 2. The van der Waals surface area contributed by atoms with Gasteiger partial charge in [0.25, 0.3) is 5.91 Å². The van der Waals surface area contributed by atoms with Gasteiger partial charge in [0.2, 0.25) is 5.78 Å². The van der Waals surface area contributed by atoms with Crippen LogP contribution in [0, 0.1) is 5.41 Å². The van der Waals surface area contributed by atoms with Crippen LogP contribution in [0.2, 0.25) is 0 Å². The molecule has 0 aliphatic rings. The topological polar surface area (TPSA) is 84.5 Å². The molecule has 190 valence electrons. The zero-order valence-electron chi connectivity index (χ0n) is 21.7. The maximum absolute atomic E-state index is 13.0. The highest BCUT2D eigenvalue weighted by molar-refractivity contribution is 6.38. The predicted molar refractivity (Wildman–Crippen MR) is 139 cm³/mol.